The zero-order valence-electron chi connectivity index (χ0n) is 16.8. The Bertz CT molecular complexity index is 1170. The first kappa shape index (κ1) is 20.0. The highest BCUT2D eigenvalue weighted by Gasteiger charge is 2.35. The number of amides is 1. The van der Waals surface area contributed by atoms with Crippen molar-refractivity contribution in [2.75, 3.05) is 7.11 Å². The molecule has 4 rings (SSSR count). The van der Waals surface area contributed by atoms with E-state index in [0.29, 0.717) is 23.6 Å². The molecule has 1 unspecified atom stereocenters. The molecular formula is C22H22N4O3S. The van der Waals surface area contributed by atoms with Crippen LogP contribution in [0.5, 0.6) is 0 Å². The molecule has 2 aromatic carbocycles. The predicted molar refractivity (Wildman–Crippen MR) is 114 cm³/mol. The van der Waals surface area contributed by atoms with Crippen molar-refractivity contribution >= 4 is 24.1 Å². The van der Waals surface area contributed by atoms with Crippen LogP contribution in [0.1, 0.15) is 16.7 Å². The summed E-state index contributed by atoms with van der Waals surface area (Å²) in [6.45, 7) is 2.32. The largest absolute Gasteiger partial charge is 0.467 e. The summed E-state index contributed by atoms with van der Waals surface area (Å²) < 4.78 is 6.99. The molecule has 0 spiro atoms. The summed E-state index contributed by atoms with van der Waals surface area (Å²) in [5, 5.41) is 7.09. The maximum absolute atomic E-state index is 13.3. The molecule has 1 aliphatic rings. The number of nitrogens with one attached hydrogen (secondary N) is 1. The third-order valence-corrected chi connectivity index (χ3v) is 5.68. The standard InChI is InChI=1S/C22H22N4O3S/c1-14-6-5-9-16(10-14)20-23-24-22(30)26(20)13-19(27)25-12-17-8-4-3-7-15(17)11-18(25)21(28)29-2/h3-10,18H,11-13H2,1-2H3,(H,24,30). The SMILES string of the molecule is COC(=O)C1Cc2ccccc2CN1C(=O)Cn1c(-c2cccc(C)c2)n[nH]c1=S. The molecule has 8 heteroatoms. The summed E-state index contributed by atoms with van der Waals surface area (Å²) in [4.78, 5) is 27.3. The lowest BCUT2D eigenvalue weighted by Gasteiger charge is -2.35. The lowest BCUT2D eigenvalue weighted by atomic mass is 9.94. The van der Waals surface area contributed by atoms with Crippen LogP contribution >= 0.6 is 12.2 Å². The van der Waals surface area contributed by atoms with E-state index in [2.05, 4.69) is 10.2 Å². The summed E-state index contributed by atoms with van der Waals surface area (Å²) in [6.07, 6.45) is 0.427. The first-order valence-corrected chi connectivity index (χ1v) is 10.0. The van der Waals surface area contributed by atoms with E-state index in [9.17, 15) is 9.59 Å². The van der Waals surface area contributed by atoms with Crippen LogP contribution in [0, 0.1) is 11.7 Å². The molecular weight excluding hydrogens is 400 g/mol. The molecule has 0 radical (unpaired) electrons. The molecule has 0 saturated heterocycles. The summed E-state index contributed by atoms with van der Waals surface area (Å²) in [7, 11) is 1.34. The number of H-pyrrole nitrogens is 1. The van der Waals surface area contributed by atoms with E-state index in [1.807, 2.05) is 55.5 Å². The fourth-order valence-electron chi connectivity index (χ4n) is 3.83. The highest BCUT2D eigenvalue weighted by atomic mass is 32.1. The Morgan fingerprint density at radius 3 is 2.70 bits per heavy atom. The number of carbonyl (C=O) groups excluding carboxylic acids is 2. The minimum absolute atomic E-state index is 0.0196. The number of nitrogens with zero attached hydrogens (tertiary/aromatic N) is 3. The topological polar surface area (TPSA) is 80.2 Å². The van der Waals surface area contributed by atoms with E-state index in [1.165, 1.54) is 7.11 Å². The van der Waals surface area contributed by atoms with Gasteiger partial charge >= 0.3 is 5.97 Å². The Morgan fingerprint density at radius 2 is 1.97 bits per heavy atom. The van der Waals surface area contributed by atoms with Gasteiger partial charge in [-0.3, -0.25) is 14.5 Å². The normalized spacial score (nSPS) is 15.5. The number of aromatic nitrogens is 3. The van der Waals surface area contributed by atoms with E-state index >= 15 is 0 Å². The van der Waals surface area contributed by atoms with Gasteiger partial charge in [-0.15, -0.1) is 0 Å². The van der Waals surface area contributed by atoms with Crippen molar-refractivity contribution in [1.82, 2.24) is 19.7 Å². The van der Waals surface area contributed by atoms with Crippen LogP contribution in [-0.4, -0.2) is 44.7 Å². The fraction of sp³-hybridized carbons (Fsp3) is 0.273. The molecule has 0 saturated carbocycles. The smallest absolute Gasteiger partial charge is 0.328 e. The molecule has 154 valence electrons. The van der Waals surface area contributed by atoms with Crippen molar-refractivity contribution in [2.24, 2.45) is 0 Å². The number of benzene rings is 2. The van der Waals surface area contributed by atoms with Gasteiger partial charge in [-0.25, -0.2) is 4.79 Å². The average molecular weight is 423 g/mol. The Labute approximate surface area is 179 Å². The Hall–Kier alpha value is -3.26. The molecule has 1 amide bonds. The Kier molecular flexibility index (Phi) is 5.50. The first-order chi connectivity index (χ1) is 14.5. The molecule has 2 heterocycles. The van der Waals surface area contributed by atoms with Crippen LogP contribution < -0.4 is 0 Å². The van der Waals surface area contributed by atoms with Crippen molar-refractivity contribution in [1.29, 1.82) is 0 Å². The van der Waals surface area contributed by atoms with Crippen LogP contribution in [-0.2, 0) is 33.8 Å². The van der Waals surface area contributed by atoms with Crippen molar-refractivity contribution < 1.29 is 14.3 Å². The molecule has 1 atom stereocenters. The van der Waals surface area contributed by atoms with Gasteiger partial charge in [0, 0.05) is 18.5 Å². The molecule has 1 aliphatic heterocycles. The minimum atomic E-state index is -0.666. The predicted octanol–water partition coefficient (Wildman–Crippen LogP) is 3.04. The molecule has 3 aromatic rings. The fourth-order valence-corrected chi connectivity index (χ4v) is 4.02. The summed E-state index contributed by atoms with van der Waals surface area (Å²) in [6, 6.07) is 15.0. The van der Waals surface area contributed by atoms with Crippen LogP contribution in [0.25, 0.3) is 11.4 Å². The number of carbonyl (C=O) groups is 2. The lowest BCUT2D eigenvalue weighted by molar-refractivity contribution is -0.154. The third kappa shape index (κ3) is 3.78. The van der Waals surface area contributed by atoms with E-state index in [-0.39, 0.29) is 12.5 Å². The molecule has 0 bridgehead atoms. The quantitative estimate of drug-likeness (QED) is 0.516. The second-order valence-corrected chi connectivity index (χ2v) is 7.73. The summed E-state index contributed by atoms with van der Waals surface area (Å²) >= 11 is 5.37. The number of aryl methyl sites for hydroxylation is 1. The molecule has 1 aromatic heterocycles. The number of hydrogen-bond donors (Lipinski definition) is 1. The van der Waals surface area contributed by atoms with Gasteiger partial charge < -0.3 is 9.64 Å². The van der Waals surface area contributed by atoms with Crippen molar-refractivity contribution in [3.8, 4) is 11.4 Å². The maximum atomic E-state index is 13.3. The number of esters is 1. The van der Waals surface area contributed by atoms with E-state index < -0.39 is 12.0 Å². The monoisotopic (exact) mass is 422 g/mol. The van der Waals surface area contributed by atoms with Crippen molar-refractivity contribution in [2.45, 2.75) is 32.5 Å². The Balaban J connectivity index is 1.66. The van der Waals surface area contributed by atoms with Gasteiger partial charge in [0.05, 0.1) is 7.11 Å². The van der Waals surface area contributed by atoms with E-state index in [0.717, 1.165) is 22.3 Å². The minimum Gasteiger partial charge on any atom is -0.467 e. The van der Waals surface area contributed by atoms with Crippen LogP contribution in [0.2, 0.25) is 0 Å². The van der Waals surface area contributed by atoms with Crippen LogP contribution in [0.3, 0.4) is 0 Å². The van der Waals surface area contributed by atoms with Crippen molar-refractivity contribution in [3.63, 3.8) is 0 Å². The number of fused-ring (bicyclic) bond motifs is 1. The second kappa shape index (κ2) is 8.23. The second-order valence-electron chi connectivity index (χ2n) is 7.34. The maximum Gasteiger partial charge on any atom is 0.328 e. The summed E-state index contributed by atoms with van der Waals surface area (Å²) in [5.74, 6) is -0.0528. The highest BCUT2D eigenvalue weighted by Crippen LogP contribution is 2.25. The van der Waals surface area contributed by atoms with Gasteiger partial charge in [-0.2, -0.15) is 5.10 Å². The average Bonchev–Trinajstić information content (AvgIpc) is 3.12. The molecule has 7 nitrogen and oxygen atoms in total. The van der Waals surface area contributed by atoms with E-state index in [4.69, 9.17) is 17.0 Å². The zero-order chi connectivity index (χ0) is 21.3. The Morgan fingerprint density at radius 1 is 1.20 bits per heavy atom. The van der Waals surface area contributed by atoms with Gasteiger partial charge in [-0.1, -0.05) is 48.0 Å². The van der Waals surface area contributed by atoms with Gasteiger partial charge in [0.2, 0.25) is 5.91 Å². The van der Waals surface area contributed by atoms with E-state index in [1.54, 1.807) is 9.47 Å². The van der Waals surface area contributed by atoms with Crippen molar-refractivity contribution in [3.05, 3.63) is 70.0 Å². The number of aromatic amines is 1. The van der Waals surface area contributed by atoms with Crippen LogP contribution in [0.4, 0.5) is 0 Å². The zero-order valence-corrected chi connectivity index (χ0v) is 17.6. The molecule has 30 heavy (non-hydrogen) atoms. The van der Waals surface area contributed by atoms with Gasteiger partial charge in [0.15, 0.2) is 10.6 Å². The third-order valence-electron chi connectivity index (χ3n) is 5.37. The highest BCUT2D eigenvalue weighted by molar-refractivity contribution is 7.71. The number of ether oxygens (including phenoxy) is 1. The summed E-state index contributed by atoms with van der Waals surface area (Å²) in [5.41, 5.74) is 4.03. The molecule has 0 fully saturated rings. The van der Waals surface area contributed by atoms with Gasteiger partial charge in [-0.05, 0) is 36.3 Å². The number of rotatable bonds is 4. The number of methoxy groups -OCH3 is 1. The first-order valence-electron chi connectivity index (χ1n) is 9.64. The van der Waals surface area contributed by atoms with Gasteiger partial charge in [0.25, 0.3) is 0 Å². The lowest BCUT2D eigenvalue weighted by Crippen LogP contribution is -2.50. The number of hydrogen-bond acceptors (Lipinski definition) is 5. The molecule has 1 N–H and O–H groups in total. The van der Waals surface area contributed by atoms with Crippen LogP contribution in [0.15, 0.2) is 48.5 Å². The molecule has 0 aliphatic carbocycles. The van der Waals surface area contributed by atoms with Gasteiger partial charge in [0.1, 0.15) is 12.6 Å².